The summed E-state index contributed by atoms with van der Waals surface area (Å²) in [5.74, 6) is 0.655. The minimum atomic E-state index is -0.0258. The smallest absolute Gasteiger partial charge is 0.200 e. The lowest BCUT2D eigenvalue weighted by Gasteiger charge is -2.07. The van der Waals surface area contributed by atoms with E-state index in [0.717, 1.165) is 11.1 Å². The maximum absolute atomic E-state index is 12.0. The molecule has 0 amide bonds. The minimum absolute atomic E-state index is 0.0258. The van der Waals surface area contributed by atoms with Crippen LogP contribution in [0, 0.1) is 6.92 Å². The van der Waals surface area contributed by atoms with Crippen LogP contribution < -0.4 is 4.74 Å². The number of aryl methyl sites for hydroxylation is 1. The van der Waals surface area contributed by atoms with Gasteiger partial charge < -0.3 is 9.47 Å². The molecule has 0 aliphatic carbocycles. The molecule has 0 unspecified atom stereocenters. The number of carbonyl (C=O) groups excluding carboxylic acids is 1. The van der Waals surface area contributed by atoms with Crippen molar-refractivity contribution < 1.29 is 14.3 Å². The Labute approximate surface area is 119 Å². The summed E-state index contributed by atoms with van der Waals surface area (Å²) in [5, 5.41) is 0. The highest BCUT2D eigenvalue weighted by Gasteiger charge is 2.06. The molecule has 0 spiro atoms. The fraction of sp³-hybridized carbons (Fsp3) is 0.235. The largest absolute Gasteiger partial charge is 0.485 e. The van der Waals surface area contributed by atoms with Crippen molar-refractivity contribution in [3.8, 4) is 5.75 Å². The van der Waals surface area contributed by atoms with Gasteiger partial charge in [-0.1, -0.05) is 42.0 Å². The normalized spacial score (nSPS) is 10.3. The number of hydrogen-bond donors (Lipinski definition) is 0. The van der Waals surface area contributed by atoms with E-state index in [1.165, 1.54) is 0 Å². The molecule has 0 radical (unpaired) electrons. The monoisotopic (exact) mass is 270 g/mol. The standard InChI is InChI=1S/C17H18O3/c1-13-6-8-15(9-7-13)17(18)12-20-16-5-3-4-14(10-16)11-19-2/h3-10H,11-12H2,1-2H3. The first-order valence-corrected chi connectivity index (χ1v) is 6.49. The molecule has 0 aromatic heterocycles. The Morgan fingerprint density at radius 2 is 1.85 bits per heavy atom. The molecule has 0 atom stereocenters. The van der Waals surface area contributed by atoms with Crippen molar-refractivity contribution in [3.05, 3.63) is 65.2 Å². The molecule has 0 aliphatic rings. The van der Waals surface area contributed by atoms with Crippen molar-refractivity contribution in [2.75, 3.05) is 13.7 Å². The highest BCUT2D eigenvalue weighted by Crippen LogP contribution is 2.14. The van der Waals surface area contributed by atoms with Gasteiger partial charge in [0.05, 0.1) is 6.61 Å². The first kappa shape index (κ1) is 14.3. The third kappa shape index (κ3) is 3.93. The lowest BCUT2D eigenvalue weighted by atomic mass is 10.1. The van der Waals surface area contributed by atoms with Crippen molar-refractivity contribution in [1.29, 1.82) is 0 Å². The predicted molar refractivity (Wildman–Crippen MR) is 78.2 cm³/mol. The summed E-state index contributed by atoms with van der Waals surface area (Å²) in [7, 11) is 1.65. The zero-order valence-electron chi connectivity index (χ0n) is 11.8. The summed E-state index contributed by atoms with van der Waals surface area (Å²) in [5.41, 5.74) is 2.83. The van der Waals surface area contributed by atoms with Gasteiger partial charge in [0, 0.05) is 12.7 Å². The summed E-state index contributed by atoms with van der Waals surface area (Å²) in [6.45, 7) is 2.56. The molecule has 0 saturated heterocycles. The van der Waals surface area contributed by atoms with Gasteiger partial charge in [-0.3, -0.25) is 4.79 Å². The Kier molecular flexibility index (Phi) is 4.91. The maximum Gasteiger partial charge on any atom is 0.200 e. The van der Waals surface area contributed by atoms with Gasteiger partial charge >= 0.3 is 0 Å². The number of ketones is 1. The molecular formula is C17H18O3. The van der Waals surface area contributed by atoms with Gasteiger partial charge in [-0.2, -0.15) is 0 Å². The van der Waals surface area contributed by atoms with Crippen LogP contribution in [-0.2, 0) is 11.3 Å². The molecule has 3 heteroatoms. The van der Waals surface area contributed by atoms with E-state index in [-0.39, 0.29) is 12.4 Å². The summed E-state index contributed by atoms with van der Waals surface area (Å²) in [6, 6.07) is 15.1. The molecule has 2 aromatic carbocycles. The quantitative estimate of drug-likeness (QED) is 0.755. The SMILES string of the molecule is COCc1cccc(OCC(=O)c2ccc(C)cc2)c1. The Hall–Kier alpha value is -2.13. The van der Waals surface area contributed by atoms with Gasteiger partial charge in [0.25, 0.3) is 0 Å². The average molecular weight is 270 g/mol. The van der Waals surface area contributed by atoms with Crippen LogP contribution in [0.4, 0.5) is 0 Å². The van der Waals surface area contributed by atoms with Gasteiger partial charge in [0.15, 0.2) is 12.4 Å². The van der Waals surface area contributed by atoms with E-state index in [1.54, 1.807) is 7.11 Å². The van der Waals surface area contributed by atoms with Crippen molar-refractivity contribution in [2.45, 2.75) is 13.5 Å². The number of hydrogen-bond acceptors (Lipinski definition) is 3. The lowest BCUT2D eigenvalue weighted by Crippen LogP contribution is -2.11. The van der Waals surface area contributed by atoms with Crippen molar-refractivity contribution in [1.82, 2.24) is 0 Å². The second-order valence-electron chi connectivity index (χ2n) is 4.66. The molecule has 0 bridgehead atoms. The van der Waals surface area contributed by atoms with Gasteiger partial charge in [-0.25, -0.2) is 0 Å². The van der Waals surface area contributed by atoms with Crippen LogP contribution in [0.3, 0.4) is 0 Å². The highest BCUT2D eigenvalue weighted by atomic mass is 16.5. The van der Waals surface area contributed by atoms with E-state index in [4.69, 9.17) is 9.47 Å². The topological polar surface area (TPSA) is 35.5 Å². The number of carbonyl (C=O) groups is 1. The molecule has 0 N–H and O–H groups in total. The molecule has 2 aromatic rings. The molecule has 104 valence electrons. The molecule has 2 rings (SSSR count). The molecule has 0 aliphatic heterocycles. The van der Waals surface area contributed by atoms with Crippen LogP contribution in [0.15, 0.2) is 48.5 Å². The summed E-state index contributed by atoms with van der Waals surface area (Å²) in [4.78, 5) is 12.0. The van der Waals surface area contributed by atoms with Crippen LogP contribution in [0.2, 0.25) is 0 Å². The van der Waals surface area contributed by atoms with Crippen molar-refractivity contribution in [3.63, 3.8) is 0 Å². The number of rotatable bonds is 6. The Balaban J connectivity index is 1.96. The van der Waals surface area contributed by atoms with Crippen LogP contribution in [0.25, 0.3) is 0 Å². The molecular weight excluding hydrogens is 252 g/mol. The van der Waals surface area contributed by atoms with Gasteiger partial charge in [0.2, 0.25) is 0 Å². The van der Waals surface area contributed by atoms with Crippen LogP contribution in [0.5, 0.6) is 5.75 Å². The first-order chi connectivity index (χ1) is 9.69. The van der Waals surface area contributed by atoms with E-state index in [2.05, 4.69) is 0 Å². The second kappa shape index (κ2) is 6.87. The van der Waals surface area contributed by atoms with Gasteiger partial charge in [0.1, 0.15) is 5.75 Å². The number of ether oxygens (including phenoxy) is 2. The summed E-state index contributed by atoms with van der Waals surface area (Å²) < 4.78 is 10.6. The molecule has 3 nitrogen and oxygen atoms in total. The molecule has 0 fully saturated rings. The average Bonchev–Trinajstić information content (AvgIpc) is 2.46. The fourth-order valence-corrected chi connectivity index (χ4v) is 1.86. The van der Waals surface area contributed by atoms with E-state index in [0.29, 0.717) is 17.9 Å². The van der Waals surface area contributed by atoms with Crippen LogP contribution in [0.1, 0.15) is 21.5 Å². The van der Waals surface area contributed by atoms with E-state index in [9.17, 15) is 4.79 Å². The van der Waals surface area contributed by atoms with Gasteiger partial charge in [-0.15, -0.1) is 0 Å². The fourth-order valence-electron chi connectivity index (χ4n) is 1.86. The predicted octanol–water partition coefficient (Wildman–Crippen LogP) is 3.40. The number of methoxy groups -OCH3 is 1. The zero-order valence-corrected chi connectivity index (χ0v) is 11.8. The third-order valence-corrected chi connectivity index (χ3v) is 2.95. The van der Waals surface area contributed by atoms with E-state index in [1.807, 2.05) is 55.5 Å². The highest BCUT2D eigenvalue weighted by molar-refractivity contribution is 5.97. The van der Waals surface area contributed by atoms with Crippen LogP contribution >= 0.6 is 0 Å². The lowest BCUT2D eigenvalue weighted by molar-refractivity contribution is 0.0921. The molecule has 0 saturated carbocycles. The van der Waals surface area contributed by atoms with E-state index < -0.39 is 0 Å². The zero-order chi connectivity index (χ0) is 14.4. The Morgan fingerprint density at radius 3 is 2.55 bits per heavy atom. The number of Topliss-reactive ketones (excluding diaryl/α,β-unsaturated/α-hetero) is 1. The third-order valence-electron chi connectivity index (χ3n) is 2.95. The van der Waals surface area contributed by atoms with Crippen molar-refractivity contribution >= 4 is 5.78 Å². The van der Waals surface area contributed by atoms with Crippen molar-refractivity contribution in [2.24, 2.45) is 0 Å². The molecule has 0 heterocycles. The maximum atomic E-state index is 12.0. The summed E-state index contributed by atoms with van der Waals surface area (Å²) in [6.07, 6.45) is 0. The number of benzene rings is 2. The van der Waals surface area contributed by atoms with Crippen LogP contribution in [-0.4, -0.2) is 19.5 Å². The van der Waals surface area contributed by atoms with E-state index >= 15 is 0 Å². The first-order valence-electron chi connectivity index (χ1n) is 6.49. The summed E-state index contributed by atoms with van der Waals surface area (Å²) >= 11 is 0. The molecule has 20 heavy (non-hydrogen) atoms. The minimum Gasteiger partial charge on any atom is -0.485 e. The Morgan fingerprint density at radius 1 is 1.10 bits per heavy atom. The second-order valence-corrected chi connectivity index (χ2v) is 4.66. The van der Waals surface area contributed by atoms with Gasteiger partial charge in [-0.05, 0) is 24.6 Å². The Bertz CT molecular complexity index is 573.